The maximum absolute atomic E-state index is 12.2. The topological polar surface area (TPSA) is 87.7 Å². The van der Waals surface area contributed by atoms with E-state index in [0.717, 1.165) is 15.3 Å². The first-order valence-electron chi connectivity index (χ1n) is 8.29. The van der Waals surface area contributed by atoms with E-state index >= 15 is 0 Å². The summed E-state index contributed by atoms with van der Waals surface area (Å²) in [6, 6.07) is 5.65. The van der Waals surface area contributed by atoms with Crippen LogP contribution in [0.3, 0.4) is 0 Å². The van der Waals surface area contributed by atoms with E-state index in [9.17, 15) is 9.59 Å². The molecule has 8 heteroatoms. The SMILES string of the molecule is CC(C)c1cc2c(=O)[nH]c(CSCC(=O)NCc3ccncc3)nc2s1. The third kappa shape index (κ3) is 4.70. The Morgan fingerprint density at radius 1 is 1.35 bits per heavy atom. The number of thioether (sulfide) groups is 1. The highest BCUT2D eigenvalue weighted by atomic mass is 32.2. The van der Waals surface area contributed by atoms with Gasteiger partial charge in [-0.1, -0.05) is 13.8 Å². The predicted molar refractivity (Wildman–Crippen MR) is 107 cm³/mol. The molecule has 0 fully saturated rings. The first kappa shape index (κ1) is 18.6. The van der Waals surface area contributed by atoms with E-state index in [-0.39, 0.29) is 11.5 Å². The number of H-pyrrole nitrogens is 1. The molecule has 0 saturated carbocycles. The third-order valence-electron chi connectivity index (χ3n) is 3.75. The van der Waals surface area contributed by atoms with Gasteiger partial charge in [-0.05, 0) is 29.7 Å². The van der Waals surface area contributed by atoms with Crippen molar-refractivity contribution in [3.8, 4) is 0 Å². The van der Waals surface area contributed by atoms with E-state index in [0.29, 0.717) is 35.2 Å². The number of carbonyl (C=O) groups is 1. The molecule has 0 spiro atoms. The number of nitrogens with zero attached hydrogens (tertiary/aromatic N) is 2. The highest BCUT2D eigenvalue weighted by molar-refractivity contribution is 7.99. The van der Waals surface area contributed by atoms with Crippen LogP contribution >= 0.6 is 23.1 Å². The smallest absolute Gasteiger partial charge is 0.259 e. The van der Waals surface area contributed by atoms with Crippen LogP contribution in [0.1, 0.15) is 36.0 Å². The fourth-order valence-corrected chi connectivity index (χ4v) is 4.11. The van der Waals surface area contributed by atoms with Gasteiger partial charge in [0.1, 0.15) is 10.7 Å². The molecular formula is C18H20N4O2S2. The highest BCUT2D eigenvalue weighted by Gasteiger charge is 2.11. The highest BCUT2D eigenvalue weighted by Crippen LogP contribution is 2.27. The first-order valence-corrected chi connectivity index (χ1v) is 10.3. The second kappa shape index (κ2) is 8.46. The molecule has 0 atom stereocenters. The van der Waals surface area contributed by atoms with Gasteiger partial charge in [-0.2, -0.15) is 0 Å². The molecule has 3 aromatic heterocycles. The van der Waals surface area contributed by atoms with Gasteiger partial charge in [0.25, 0.3) is 5.56 Å². The summed E-state index contributed by atoms with van der Waals surface area (Å²) in [5, 5.41) is 3.51. The number of amides is 1. The van der Waals surface area contributed by atoms with Crippen molar-refractivity contribution in [2.24, 2.45) is 0 Å². The molecule has 1 amide bonds. The molecule has 0 bridgehead atoms. The van der Waals surface area contributed by atoms with Crippen molar-refractivity contribution >= 4 is 39.2 Å². The Hall–Kier alpha value is -2.19. The third-order valence-corrected chi connectivity index (χ3v) is 6.02. The second-order valence-electron chi connectivity index (χ2n) is 6.16. The van der Waals surface area contributed by atoms with Crippen molar-refractivity contribution in [1.82, 2.24) is 20.3 Å². The van der Waals surface area contributed by atoms with E-state index in [2.05, 4.69) is 34.1 Å². The molecule has 0 unspecified atom stereocenters. The average Bonchev–Trinajstić information content (AvgIpc) is 3.06. The summed E-state index contributed by atoms with van der Waals surface area (Å²) in [7, 11) is 0. The van der Waals surface area contributed by atoms with Gasteiger partial charge in [0.05, 0.1) is 16.9 Å². The van der Waals surface area contributed by atoms with Crippen LogP contribution in [0.25, 0.3) is 10.2 Å². The molecular weight excluding hydrogens is 368 g/mol. The number of aromatic amines is 1. The molecule has 0 aliphatic carbocycles. The van der Waals surface area contributed by atoms with Crippen molar-refractivity contribution in [3.05, 3.63) is 57.2 Å². The van der Waals surface area contributed by atoms with Gasteiger partial charge in [0.2, 0.25) is 5.91 Å². The van der Waals surface area contributed by atoms with Gasteiger partial charge < -0.3 is 10.3 Å². The lowest BCUT2D eigenvalue weighted by molar-refractivity contribution is -0.118. The summed E-state index contributed by atoms with van der Waals surface area (Å²) in [5.41, 5.74) is 0.893. The quantitative estimate of drug-likeness (QED) is 0.649. The Labute approximate surface area is 159 Å². The number of carbonyl (C=O) groups excluding carboxylic acids is 1. The number of hydrogen-bond acceptors (Lipinski definition) is 6. The molecule has 3 rings (SSSR count). The summed E-state index contributed by atoms with van der Waals surface area (Å²) in [5.74, 6) is 1.73. The van der Waals surface area contributed by atoms with Crippen LogP contribution < -0.4 is 10.9 Å². The van der Waals surface area contributed by atoms with Crippen molar-refractivity contribution in [2.75, 3.05) is 5.75 Å². The molecule has 0 radical (unpaired) electrons. The van der Waals surface area contributed by atoms with Crippen molar-refractivity contribution in [3.63, 3.8) is 0 Å². The van der Waals surface area contributed by atoms with Gasteiger partial charge >= 0.3 is 0 Å². The number of hydrogen-bond donors (Lipinski definition) is 2. The molecule has 2 N–H and O–H groups in total. The van der Waals surface area contributed by atoms with Crippen LogP contribution in [-0.2, 0) is 17.1 Å². The molecule has 0 aliphatic rings. The molecule has 0 aromatic carbocycles. The summed E-state index contributed by atoms with van der Waals surface area (Å²) in [6.07, 6.45) is 3.40. The van der Waals surface area contributed by atoms with E-state index in [1.165, 1.54) is 11.8 Å². The molecule has 3 aromatic rings. The van der Waals surface area contributed by atoms with Gasteiger partial charge in [-0.3, -0.25) is 14.6 Å². The van der Waals surface area contributed by atoms with Crippen LogP contribution in [0.4, 0.5) is 0 Å². The largest absolute Gasteiger partial charge is 0.351 e. The summed E-state index contributed by atoms with van der Waals surface area (Å²) in [6.45, 7) is 4.68. The standard InChI is InChI=1S/C18H20N4O2S2/c1-11(2)14-7-13-17(24)21-15(22-18(13)26-14)9-25-10-16(23)20-8-12-3-5-19-6-4-12/h3-7,11H,8-10H2,1-2H3,(H,20,23)(H,21,22,24). The Bertz CT molecular complexity index is 951. The number of thiophene rings is 1. The van der Waals surface area contributed by atoms with Crippen LogP contribution in [0.5, 0.6) is 0 Å². The molecule has 0 aliphatic heterocycles. The maximum Gasteiger partial charge on any atom is 0.259 e. The molecule has 26 heavy (non-hydrogen) atoms. The number of fused-ring (bicyclic) bond motifs is 1. The lowest BCUT2D eigenvalue weighted by Crippen LogP contribution is -2.24. The van der Waals surface area contributed by atoms with E-state index in [1.807, 2.05) is 18.2 Å². The Morgan fingerprint density at radius 2 is 2.12 bits per heavy atom. The van der Waals surface area contributed by atoms with Gasteiger partial charge in [-0.25, -0.2) is 4.98 Å². The zero-order valence-electron chi connectivity index (χ0n) is 14.6. The van der Waals surface area contributed by atoms with Crippen molar-refractivity contribution in [1.29, 1.82) is 0 Å². The summed E-state index contributed by atoms with van der Waals surface area (Å²) >= 11 is 2.98. The molecule has 3 heterocycles. The normalized spacial score (nSPS) is 11.2. The fourth-order valence-electron chi connectivity index (χ4n) is 2.34. The zero-order valence-corrected chi connectivity index (χ0v) is 16.2. The summed E-state index contributed by atoms with van der Waals surface area (Å²) in [4.78, 5) is 37.3. The zero-order chi connectivity index (χ0) is 18.5. The number of rotatable bonds is 7. The van der Waals surface area contributed by atoms with Crippen LogP contribution in [0, 0.1) is 0 Å². The van der Waals surface area contributed by atoms with Crippen molar-refractivity contribution < 1.29 is 4.79 Å². The number of aromatic nitrogens is 3. The Morgan fingerprint density at radius 3 is 2.85 bits per heavy atom. The lowest BCUT2D eigenvalue weighted by Gasteiger charge is -2.05. The molecule has 6 nitrogen and oxygen atoms in total. The van der Waals surface area contributed by atoms with Crippen LogP contribution in [0.2, 0.25) is 0 Å². The van der Waals surface area contributed by atoms with Gasteiger partial charge in [-0.15, -0.1) is 23.1 Å². The average molecular weight is 389 g/mol. The Balaban J connectivity index is 1.54. The van der Waals surface area contributed by atoms with E-state index in [1.54, 1.807) is 23.7 Å². The fraction of sp³-hybridized carbons (Fsp3) is 0.333. The van der Waals surface area contributed by atoms with Crippen LogP contribution in [-0.4, -0.2) is 26.6 Å². The maximum atomic E-state index is 12.2. The first-order chi connectivity index (χ1) is 12.5. The van der Waals surface area contributed by atoms with E-state index < -0.39 is 0 Å². The van der Waals surface area contributed by atoms with Crippen molar-refractivity contribution in [2.45, 2.75) is 32.1 Å². The van der Waals surface area contributed by atoms with Gasteiger partial charge in [0, 0.05) is 23.8 Å². The minimum atomic E-state index is -0.115. The molecule has 0 saturated heterocycles. The van der Waals surface area contributed by atoms with E-state index in [4.69, 9.17) is 0 Å². The minimum absolute atomic E-state index is 0.0477. The summed E-state index contributed by atoms with van der Waals surface area (Å²) < 4.78 is 0. The number of nitrogens with one attached hydrogen (secondary N) is 2. The second-order valence-corrected chi connectivity index (χ2v) is 8.21. The number of pyridine rings is 1. The Kier molecular flexibility index (Phi) is 6.05. The minimum Gasteiger partial charge on any atom is -0.351 e. The van der Waals surface area contributed by atoms with Crippen LogP contribution in [0.15, 0.2) is 35.4 Å². The molecule has 136 valence electrons. The van der Waals surface area contributed by atoms with Gasteiger partial charge in [0.15, 0.2) is 0 Å². The predicted octanol–water partition coefficient (Wildman–Crippen LogP) is 3.05. The monoisotopic (exact) mass is 388 g/mol. The lowest BCUT2D eigenvalue weighted by atomic mass is 10.2.